The van der Waals surface area contributed by atoms with E-state index in [9.17, 15) is 4.79 Å². The second-order valence-electron chi connectivity index (χ2n) is 5.79. The van der Waals surface area contributed by atoms with Crippen LogP contribution < -0.4 is 10.1 Å². The van der Waals surface area contributed by atoms with E-state index >= 15 is 0 Å². The number of halogens is 1. The summed E-state index contributed by atoms with van der Waals surface area (Å²) < 4.78 is 7.19. The van der Waals surface area contributed by atoms with Crippen LogP contribution in [0.5, 0.6) is 5.75 Å². The summed E-state index contributed by atoms with van der Waals surface area (Å²) in [7, 11) is 0. The minimum atomic E-state index is -0.250. The highest BCUT2D eigenvalue weighted by Gasteiger charge is 2.10. The first-order chi connectivity index (χ1) is 13.1. The number of ether oxygens (including phenoxy) is 1. The van der Waals surface area contributed by atoms with Crippen molar-refractivity contribution in [3.63, 3.8) is 0 Å². The van der Waals surface area contributed by atoms with Crippen LogP contribution in [0.25, 0.3) is 15.5 Å². The Morgan fingerprint density at radius 3 is 3.00 bits per heavy atom. The molecule has 0 aliphatic rings. The normalized spacial score (nSPS) is 10.9. The minimum Gasteiger partial charge on any atom is -0.483 e. The highest BCUT2D eigenvalue weighted by atomic mass is 35.5. The maximum atomic E-state index is 12.2. The summed E-state index contributed by atoms with van der Waals surface area (Å²) in [5.74, 6) is 0.377. The first kappa shape index (κ1) is 17.4. The number of nitrogens with zero attached hydrogens (tertiary/aromatic N) is 4. The Morgan fingerprint density at radius 1 is 1.30 bits per heavy atom. The number of amides is 1. The van der Waals surface area contributed by atoms with Crippen LogP contribution in [0.15, 0.2) is 48.8 Å². The lowest BCUT2D eigenvalue weighted by Gasteiger charge is -2.10. The molecule has 0 aliphatic carbocycles. The number of carbonyl (C=O) groups is 1. The molecule has 0 fully saturated rings. The van der Waals surface area contributed by atoms with Gasteiger partial charge in [-0.2, -0.15) is 9.61 Å². The van der Waals surface area contributed by atoms with Crippen LogP contribution in [0.2, 0.25) is 5.02 Å². The lowest BCUT2D eigenvalue weighted by molar-refractivity contribution is -0.118. The zero-order valence-corrected chi connectivity index (χ0v) is 15.8. The number of hydrogen-bond acceptors (Lipinski definition) is 6. The smallest absolute Gasteiger partial charge is 0.262 e. The quantitative estimate of drug-likeness (QED) is 0.551. The molecule has 1 amide bonds. The van der Waals surface area contributed by atoms with Crippen molar-refractivity contribution in [2.75, 3.05) is 11.9 Å². The summed E-state index contributed by atoms with van der Waals surface area (Å²) >= 11 is 7.35. The topological polar surface area (TPSA) is 81.4 Å². The Balaban J connectivity index is 1.43. The molecule has 0 saturated heterocycles. The number of anilines is 1. The van der Waals surface area contributed by atoms with Gasteiger partial charge in [-0.3, -0.25) is 4.79 Å². The third kappa shape index (κ3) is 3.91. The lowest BCUT2D eigenvalue weighted by atomic mass is 10.2. The molecule has 0 bridgehead atoms. The number of rotatable bonds is 5. The second kappa shape index (κ2) is 7.34. The Kier molecular flexibility index (Phi) is 4.74. The molecule has 2 aromatic heterocycles. The van der Waals surface area contributed by atoms with Crippen molar-refractivity contribution in [2.45, 2.75) is 6.92 Å². The Labute approximate surface area is 163 Å². The maximum absolute atomic E-state index is 12.2. The van der Waals surface area contributed by atoms with Crippen molar-refractivity contribution in [1.29, 1.82) is 0 Å². The Morgan fingerprint density at radius 2 is 2.19 bits per heavy atom. The summed E-state index contributed by atoms with van der Waals surface area (Å²) in [6, 6.07) is 12.7. The summed E-state index contributed by atoms with van der Waals surface area (Å²) in [4.78, 5) is 12.9. The van der Waals surface area contributed by atoms with Gasteiger partial charge >= 0.3 is 0 Å². The molecule has 7 nitrogen and oxygen atoms in total. The second-order valence-corrected chi connectivity index (χ2v) is 7.19. The maximum Gasteiger partial charge on any atom is 0.262 e. The van der Waals surface area contributed by atoms with Crippen molar-refractivity contribution in [2.24, 2.45) is 0 Å². The third-order valence-electron chi connectivity index (χ3n) is 3.78. The highest BCUT2D eigenvalue weighted by molar-refractivity contribution is 7.19. The van der Waals surface area contributed by atoms with E-state index in [2.05, 4.69) is 20.6 Å². The molecule has 9 heteroatoms. The molecule has 27 heavy (non-hydrogen) atoms. The highest BCUT2D eigenvalue weighted by Crippen LogP contribution is 2.27. The molecule has 4 aromatic rings. The molecule has 0 spiro atoms. The van der Waals surface area contributed by atoms with Gasteiger partial charge in [0.2, 0.25) is 4.96 Å². The summed E-state index contributed by atoms with van der Waals surface area (Å²) in [5.41, 5.74) is 2.43. The van der Waals surface area contributed by atoms with E-state index in [0.717, 1.165) is 16.1 Å². The number of aromatic nitrogens is 4. The fourth-order valence-corrected chi connectivity index (χ4v) is 3.56. The van der Waals surface area contributed by atoms with Crippen LogP contribution in [0.3, 0.4) is 0 Å². The van der Waals surface area contributed by atoms with Gasteiger partial charge < -0.3 is 10.1 Å². The van der Waals surface area contributed by atoms with E-state index in [-0.39, 0.29) is 12.5 Å². The standard InChI is InChI=1S/C18H14ClN5O2S/c1-11-7-13(19)5-6-15(11)26-9-16(25)21-14-4-2-3-12(8-14)17-23-24-10-20-22-18(24)27-17/h2-8,10H,9H2,1H3,(H,21,25). The van der Waals surface area contributed by atoms with Gasteiger partial charge in [-0.05, 0) is 42.8 Å². The molecule has 0 saturated carbocycles. The van der Waals surface area contributed by atoms with Gasteiger partial charge in [-0.15, -0.1) is 10.2 Å². The van der Waals surface area contributed by atoms with Gasteiger partial charge in [0.05, 0.1) is 0 Å². The fraction of sp³-hybridized carbons (Fsp3) is 0.111. The number of benzene rings is 2. The van der Waals surface area contributed by atoms with Crippen LogP contribution in [-0.4, -0.2) is 32.3 Å². The van der Waals surface area contributed by atoms with E-state index in [4.69, 9.17) is 16.3 Å². The minimum absolute atomic E-state index is 0.0938. The van der Waals surface area contributed by atoms with E-state index in [0.29, 0.717) is 21.4 Å². The average molecular weight is 400 g/mol. The zero-order chi connectivity index (χ0) is 18.8. The lowest BCUT2D eigenvalue weighted by Crippen LogP contribution is -2.20. The van der Waals surface area contributed by atoms with Crippen LogP contribution >= 0.6 is 22.9 Å². The molecular weight excluding hydrogens is 386 g/mol. The molecular formula is C18H14ClN5O2S. The summed E-state index contributed by atoms with van der Waals surface area (Å²) in [5, 5.41) is 16.4. The monoisotopic (exact) mass is 399 g/mol. The number of aryl methyl sites for hydroxylation is 1. The fourth-order valence-electron chi connectivity index (χ4n) is 2.52. The van der Waals surface area contributed by atoms with Gasteiger partial charge in [-0.1, -0.05) is 35.1 Å². The number of carbonyl (C=O) groups excluding carboxylic acids is 1. The number of nitrogens with one attached hydrogen (secondary N) is 1. The van der Waals surface area contributed by atoms with Crippen LogP contribution in [-0.2, 0) is 4.79 Å². The van der Waals surface area contributed by atoms with Gasteiger partial charge in [0.1, 0.15) is 17.1 Å². The summed E-state index contributed by atoms with van der Waals surface area (Å²) in [6.07, 6.45) is 1.55. The number of hydrogen-bond donors (Lipinski definition) is 1. The van der Waals surface area contributed by atoms with Gasteiger partial charge in [-0.25, -0.2) is 0 Å². The van der Waals surface area contributed by atoms with Crippen molar-refractivity contribution in [3.8, 4) is 16.3 Å². The van der Waals surface area contributed by atoms with E-state index in [1.807, 2.05) is 31.2 Å². The molecule has 2 aromatic carbocycles. The van der Waals surface area contributed by atoms with Gasteiger partial charge in [0.15, 0.2) is 6.61 Å². The van der Waals surface area contributed by atoms with Crippen LogP contribution in [0.1, 0.15) is 5.56 Å². The van der Waals surface area contributed by atoms with Crippen LogP contribution in [0, 0.1) is 6.92 Å². The molecule has 0 unspecified atom stereocenters. The molecule has 0 aliphatic heterocycles. The largest absolute Gasteiger partial charge is 0.483 e. The average Bonchev–Trinajstić information content (AvgIpc) is 3.23. The van der Waals surface area contributed by atoms with E-state index in [1.54, 1.807) is 29.0 Å². The van der Waals surface area contributed by atoms with E-state index < -0.39 is 0 Å². The molecule has 0 atom stereocenters. The zero-order valence-electron chi connectivity index (χ0n) is 14.2. The SMILES string of the molecule is Cc1cc(Cl)ccc1OCC(=O)Nc1cccc(-c2nn3cnnc3s2)c1. The van der Waals surface area contributed by atoms with Crippen molar-refractivity contribution >= 4 is 39.5 Å². The first-order valence-electron chi connectivity index (χ1n) is 8.04. The molecule has 1 N–H and O–H groups in total. The first-order valence-corrected chi connectivity index (χ1v) is 9.24. The predicted molar refractivity (Wildman–Crippen MR) is 104 cm³/mol. The third-order valence-corrected chi connectivity index (χ3v) is 4.97. The Hall–Kier alpha value is -2.97. The molecule has 0 radical (unpaired) electrons. The molecule has 136 valence electrons. The van der Waals surface area contributed by atoms with E-state index in [1.165, 1.54) is 11.3 Å². The number of fused-ring (bicyclic) bond motifs is 1. The van der Waals surface area contributed by atoms with Gasteiger partial charge in [0, 0.05) is 16.3 Å². The van der Waals surface area contributed by atoms with Crippen molar-refractivity contribution in [1.82, 2.24) is 19.8 Å². The molecule has 4 rings (SSSR count). The molecule has 2 heterocycles. The Bertz CT molecular complexity index is 1100. The van der Waals surface area contributed by atoms with Gasteiger partial charge in [0.25, 0.3) is 5.91 Å². The van der Waals surface area contributed by atoms with Crippen molar-refractivity contribution < 1.29 is 9.53 Å². The van der Waals surface area contributed by atoms with Crippen molar-refractivity contribution in [3.05, 3.63) is 59.4 Å². The predicted octanol–water partition coefficient (Wildman–Crippen LogP) is 3.83. The summed E-state index contributed by atoms with van der Waals surface area (Å²) in [6.45, 7) is 1.78. The van der Waals surface area contributed by atoms with Crippen LogP contribution in [0.4, 0.5) is 5.69 Å².